The van der Waals surface area contributed by atoms with Gasteiger partial charge in [-0.3, -0.25) is 14.4 Å². The van der Waals surface area contributed by atoms with Gasteiger partial charge in [0.25, 0.3) is 0 Å². The van der Waals surface area contributed by atoms with Crippen molar-refractivity contribution in [3.8, 4) is 0 Å². The number of rotatable bonds is 13. The zero-order valence-electron chi connectivity index (χ0n) is 21.2. The average Bonchev–Trinajstić information content (AvgIpc) is 3.46. The number of nitrogens with zero attached hydrogens (tertiary/aromatic N) is 1. The third kappa shape index (κ3) is 6.03. The first-order valence-electron chi connectivity index (χ1n) is 13.0. The molecular weight excluding hydrogens is 518 g/mol. The van der Waals surface area contributed by atoms with E-state index < -0.39 is 28.8 Å². The Morgan fingerprint density at radius 1 is 1.16 bits per heavy atom. The van der Waals surface area contributed by atoms with E-state index in [1.165, 1.54) is 16.7 Å². The fourth-order valence-corrected chi connectivity index (χ4v) is 8.84. The van der Waals surface area contributed by atoms with Crippen molar-refractivity contribution in [1.82, 2.24) is 20.9 Å². The van der Waals surface area contributed by atoms with E-state index in [9.17, 15) is 29.1 Å². The molecule has 11 nitrogen and oxygen atoms in total. The summed E-state index contributed by atoms with van der Waals surface area (Å²) in [7, 11) is 0. The number of carbonyl (C=O) groups excluding carboxylic acids is 4. The van der Waals surface area contributed by atoms with Gasteiger partial charge in [-0.15, -0.1) is 11.8 Å². The van der Waals surface area contributed by atoms with Gasteiger partial charge >= 0.3 is 12.0 Å². The highest BCUT2D eigenvalue weighted by atomic mass is 32.2. The summed E-state index contributed by atoms with van der Waals surface area (Å²) in [4.78, 5) is 61.7. The van der Waals surface area contributed by atoms with Gasteiger partial charge in [-0.25, -0.2) is 9.59 Å². The van der Waals surface area contributed by atoms with E-state index in [1.54, 1.807) is 13.8 Å². The normalized spacial score (nSPS) is 32.1. The third-order valence-corrected chi connectivity index (χ3v) is 10.8. The minimum absolute atomic E-state index is 0.0336. The van der Waals surface area contributed by atoms with E-state index >= 15 is 0 Å². The molecule has 37 heavy (non-hydrogen) atoms. The van der Waals surface area contributed by atoms with Crippen LogP contribution in [0.4, 0.5) is 4.79 Å². The molecule has 4 rings (SSSR count). The van der Waals surface area contributed by atoms with E-state index in [2.05, 4.69) is 16.0 Å². The summed E-state index contributed by atoms with van der Waals surface area (Å²) in [5, 5.41) is 18.2. The lowest BCUT2D eigenvalue weighted by Crippen LogP contribution is -2.70. The van der Waals surface area contributed by atoms with Gasteiger partial charge in [0.1, 0.15) is 23.2 Å². The number of fused-ring (bicyclic) bond motifs is 2. The van der Waals surface area contributed by atoms with Gasteiger partial charge in [0, 0.05) is 28.6 Å². The lowest BCUT2D eigenvalue weighted by atomic mass is 9.96. The number of hydrogen-bond acceptors (Lipinski definition) is 8. The number of Topliss-reactive ketones (excluding diaryl/α,β-unsaturated/α-hetero) is 1. The molecule has 4 amide bonds. The number of nitrogens with one attached hydrogen (secondary N) is 3. The number of β-lactam (4-membered cyclic amide) rings is 1. The van der Waals surface area contributed by atoms with Crippen LogP contribution in [0.1, 0.15) is 65.2 Å². The molecule has 4 saturated heterocycles. The summed E-state index contributed by atoms with van der Waals surface area (Å²) < 4.78 is -0.627. The number of thioether (sulfide) groups is 2. The molecule has 4 heterocycles. The number of urea groups is 1. The Hall–Kier alpha value is -1.99. The summed E-state index contributed by atoms with van der Waals surface area (Å²) >= 11 is 3.26. The van der Waals surface area contributed by atoms with Crippen LogP contribution in [-0.2, 0) is 19.2 Å². The van der Waals surface area contributed by atoms with Crippen molar-refractivity contribution in [2.45, 2.75) is 111 Å². The molecule has 206 valence electrons. The Labute approximate surface area is 225 Å². The Balaban J connectivity index is 1.07. The van der Waals surface area contributed by atoms with Crippen molar-refractivity contribution in [2.24, 2.45) is 5.73 Å². The van der Waals surface area contributed by atoms with Gasteiger partial charge in [0.05, 0.1) is 18.1 Å². The number of ketones is 1. The standard InChI is InChI=1S/C24H37N5O6S2/c1-24(2)19(22(33)34)29-20(32)18(21(29)37-24)27-16(31)10-6-3-7-12(25)14(30)8-4-5-9-15-17-13(11-36-15)26-23(35)28-17/h12-13,15,17-19,21H,3-11,25H2,1-2H3,(H,27,31)(H,33,34)(H2,26,28,35)/t12?,13-,15-,17-,18?,19-,21+/m0/s1. The third-order valence-electron chi connectivity index (χ3n) is 7.67. The smallest absolute Gasteiger partial charge is 0.327 e. The number of carbonyl (C=O) groups is 5. The maximum Gasteiger partial charge on any atom is 0.327 e. The van der Waals surface area contributed by atoms with E-state index in [4.69, 9.17) is 5.73 Å². The largest absolute Gasteiger partial charge is 0.480 e. The van der Waals surface area contributed by atoms with Crippen molar-refractivity contribution >= 4 is 53.1 Å². The van der Waals surface area contributed by atoms with Crippen LogP contribution in [0.3, 0.4) is 0 Å². The molecule has 0 bridgehead atoms. The minimum atomic E-state index is -1.04. The molecule has 0 aromatic heterocycles. The molecule has 6 N–H and O–H groups in total. The van der Waals surface area contributed by atoms with E-state index in [1.807, 2.05) is 11.8 Å². The zero-order valence-corrected chi connectivity index (χ0v) is 22.9. The van der Waals surface area contributed by atoms with Crippen molar-refractivity contribution in [3.63, 3.8) is 0 Å². The molecule has 4 aliphatic heterocycles. The summed E-state index contributed by atoms with van der Waals surface area (Å²) in [5.74, 6) is -0.685. The summed E-state index contributed by atoms with van der Waals surface area (Å²) in [6, 6.07) is -1.84. The summed E-state index contributed by atoms with van der Waals surface area (Å²) in [6.45, 7) is 3.59. The minimum Gasteiger partial charge on any atom is -0.480 e. The molecule has 0 aromatic carbocycles. The van der Waals surface area contributed by atoms with Crippen LogP contribution in [0.2, 0.25) is 0 Å². The van der Waals surface area contributed by atoms with Crippen LogP contribution in [0.15, 0.2) is 0 Å². The predicted molar refractivity (Wildman–Crippen MR) is 141 cm³/mol. The summed E-state index contributed by atoms with van der Waals surface area (Å²) in [5.41, 5.74) is 6.06. The molecule has 13 heteroatoms. The fourth-order valence-electron chi connectivity index (χ4n) is 5.67. The van der Waals surface area contributed by atoms with Gasteiger partial charge in [-0.05, 0) is 39.5 Å². The van der Waals surface area contributed by atoms with Crippen LogP contribution in [0.5, 0.6) is 0 Å². The number of carboxylic acid groups (broad SMARTS) is 1. The van der Waals surface area contributed by atoms with Gasteiger partial charge < -0.3 is 31.7 Å². The second-order valence-corrected chi connectivity index (χ2v) is 13.9. The Bertz CT molecular complexity index is 949. The molecule has 0 aromatic rings. The molecule has 2 unspecified atom stereocenters. The summed E-state index contributed by atoms with van der Waals surface area (Å²) in [6.07, 6.45) is 5.00. The second kappa shape index (κ2) is 11.4. The zero-order chi connectivity index (χ0) is 26.9. The Kier molecular flexibility index (Phi) is 8.64. The maximum absolute atomic E-state index is 12.5. The van der Waals surface area contributed by atoms with Crippen LogP contribution in [0, 0.1) is 0 Å². The number of aliphatic carboxylic acids is 1. The highest BCUT2D eigenvalue weighted by molar-refractivity contribution is 8.01. The first kappa shape index (κ1) is 28.0. The number of nitrogens with two attached hydrogens (primary N) is 1. The molecular formula is C24H37N5O6S2. The van der Waals surface area contributed by atoms with Crippen molar-refractivity contribution in [2.75, 3.05) is 5.75 Å². The Morgan fingerprint density at radius 3 is 2.62 bits per heavy atom. The first-order valence-corrected chi connectivity index (χ1v) is 14.9. The number of hydrogen-bond donors (Lipinski definition) is 5. The van der Waals surface area contributed by atoms with Gasteiger partial charge in [-0.2, -0.15) is 11.8 Å². The monoisotopic (exact) mass is 555 g/mol. The lowest BCUT2D eigenvalue weighted by Gasteiger charge is -2.43. The second-order valence-electron chi connectivity index (χ2n) is 10.8. The van der Waals surface area contributed by atoms with Gasteiger partial charge in [0.15, 0.2) is 0 Å². The van der Waals surface area contributed by atoms with Crippen molar-refractivity contribution < 1.29 is 29.1 Å². The average molecular weight is 556 g/mol. The molecule has 0 spiro atoms. The van der Waals surface area contributed by atoms with Gasteiger partial charge in [0.2, 0.25) is 11.8 Å². The highest BCUT2D eigenvalue weighted by Crippen LogP contribution is 2.50. The number of amides is 4. The van der Waals surface area contributed by atoms with Crippen LogP contribution >= 0.6 is 23.5 Å². The molecule has 0 radical (unpaired) electrons. The molecule has 0 saturated carbocycles. The van der Waals surface area contributed by atoms with Crippen LogP contribution in [-0.4, -0.2) is 90.9 Å². The quantitative estimate of drug-likeness (QED) is 0.125. The van der Waals surface area contributed by atoms with E-state index in [-0.39, 0.29) is 47.5 Å². The van der Waals surface area contributed by atoms with Crippen LogP contribution in [0.25, 0.3) is 0 Å². The predicted octanol–water partition coefficient (Wildman–Crippen LogP) is 0.801. The topological polar surface area (TPSA) is 171 Å². The Morgan fingerprint density at radius 2 is 1.89 bits per heavy atom. The van der Waals surface area contributed by atoms with E-state index in [0.717, 1.165) is 25.0 Å². The number of carboxylic acids is 1. The van der Waals surface area contributed by atoms with Crippen molar-refractivity contribution in [3.05, 3.63) is 0 Å². The fraction of sp³-hybridized carbons (Fsp3) is 0.792. The van der Waals surface area contributed by atoms with E-state index in [0.29, 0.717) is 30.9 Å². The maximum atomic E-state index is 12.5. The lowest BCUT2D eigenvalue weighted by molar-refractivity contribution is -0.161. The van der Waals surface area contributed by atoms with Crippen LogP contribution < -0.4 is 21.7 Å². The molecule has 7 atom stereocenters. The molecule has 4 fully saturated rings. The first-order chi connectivity index (χ1) is 17.5. The number of unbranched alkanes of at least 4 members (excludes halogenated alkanes) is 2. The molecule has 4 aliphatic rings. The SMILES string of the molecule is CC1(C)S[C@@H]2C(NC(=O)CCCCC(N)C(=O)CCCC[C@@H]3SC[C@@H]4NC(=O)N[C@@H]43)C(=O)N2[C@H]1C(=O)O. The molecule has 0 aliphatic carbocycles. The highest BCUT2D eigenvalue weighted by Gasteiger charge is 2.64. The van der Waals surface area contributed by atoms with Crippen molar-refractivity contribution in [1.29, 1.82) is 0 Å². The van der Waals surface area contributed by atoms with Gasteiger partial charge in [-0.1, -0.05) is 12.8 Å².